The maximum Gasteiger partial charge on any atom is 0.283 e. The lowest BCUT2D eigenvalue weighted by Crippen LogP contribution is -2.50. The molecular weight excluding hydrogens is 356 g/mol. The smallest absolute Gasteiger partial charge is 0.283 e. The highest BCUT2D eigenvalue weighted by Crippen LogP contribution is 2.30. The van der Waals surface area contributed by atoms with Crippen molar-refractivity contribution < 1.29 is 19.1 Å². The van der Waals surface area contributed by atoms with Crippen LogP contribution in [0.3, 0.4) is 0 Å². The summed E-state index contributed by atoms with van der Waals surface area (Å²) in [6, 6.07) is 12.5. The minimum absolute atomic E-state index is 0.0659. The number of ether oxygens (including phenoxy) is 2. The number of halogens is 1. The van der Waals surface area contributed by atoms with Crippen LogP contribution in [0.25, 0.3) is 6.08 Å². The molecule has 7 heteroatoms. The standard InChI is InChI=1S/C19H17ClN2O4/c1-12-6-7-13(10-14(12)20)8-9-18(23)21-22-19(24)17-11-25-15-4-2-3-5-16(15)26-17/h2-10,17H,11H2,1H3,(H,21,23)(H,22,24). The van der Waals surface area contributed by atoms with E-state index in [1.807, 2.05) is 25.1 Å². The summed E-state index contributed by atoms with van der Waals surface area (Å²) in [5, 5.41) is 0.621. The van der Waals surface area contributed by atoms with Crippen LogP contribution in [-0.2, 0) is 9.59 Å². The zero-order valence-electron chi connectivity index (χ0n) is 14.0. The van der Waals surface area contributed by atoms with E-state index >= 15 is 0 Å². The van der Waals surface area contributed by atoms with Gasteiger partial charge >= 0.3 is 0 Å². The Morgan fingerprint density at radius 2 is 1.92 bits per heavy atom. The van der Waals surface area contributed by atoms with Gasteiger partial charge in [-0.2, -0.15) is 0 Å². The molecule has 0 aliphatic carbocycles. The fourth-order valence-corrected chi connectivity index (χ4v) is 2.47. The SMILES string of the molecule is Cc1ccc(C=CC(=O)NNC(=O)C2COc3ccccc3O2)cc1Cl. The molecule has 6 nitrogen and oxygen atoms in total. The van der Waals surface area contributed by atoms with Crippen molar-refractivity contribution in [1.82, 2.24) is 10.9 Å². The van der Waals surface area contributed by atoms with Crippen molar-refractivity contribution in [1.29, 1.82) is 0 Å². The fraction of sp³-hybridized carbons (Fsp3) is 0.158. The molecule has 2 amide bonds. The minimum atomic E-state index is -0.843. The topological polar surface area (TPSA) is 76.7 Å². The predicted molar refractivity (Wildman–Crippen MR) is 97.9 cm³/mol. The van der Waals surface area contributed by atoms with Gasteiger partial charge in [-0.25, -0.2) is 0 Å². The summed E-state index contributed by atoms with van der Waals surface area (Å²) in [5.74, 6) is 0.0912. The number of hydrogen-bond donors (Lipinski definition) is 2. The van der Waals surface area contributed by atoms with E-state index in [-0.39, 0.29) is 6.61 Å². The van der Waals surface area contributed by atoms with Gasteiger partial charge in [0, 0.05) is 11.1 Å². The highest BCUT2D eigenvalue weighted by molar-refractivity contribution is 6.31. The average molecular weight is 373 g/mol. The number of benzene rings is 2. The van der Waals surface area contributed by atoms with E-state index < -0.39 is 17.9 Å². The lowest BCUT2D eigenvalue weighted by Gasteiger charge is -2.25. The maximum atomic E-state index is 12.1. The van der Waals surface area contributed by atoms with Gasteiger partial charge in [0.2, 0.25) is 6.10 Å². The number of aryl methyl sites for hydroxylation is 1. The van der Waals surface area contributed by atoms with E-state index in [0.29, 0.717) is 16.5 Å². The summed E-state index contributed by atoms with van der Waals surface area (Å²) in [4.78, 5) is 23.9. The van der Waals surface area contributed by atoms with Crippen LogP contribution in [0.5, 0.6) is 11.5 Å². The Kier molecular flexibility index (Phi) is 5.43. The second-order valence-electron chi connectivity index (χ2n) is 5.68. The first kappa shape index (κ1) is 17.8. The Labute approximate surface area is 155 Å². The molecule has 0 bridgehead atoms. The molecule has 0 fully saturated rings. The largest absolute Gasteiger partial charge is 0.485 e. The highest BCUT2D eigenvalue weighted by atomic mass is 35.5. The fourth-order valence-electron chi connectivity index (χ4n) is 2.28. The summed E-state index contributed by atoms with van der Waals surface area (Å²) >= 11 is 6.04. The molecule has 1 aliphatic heterocycles. The first-order chi connectivity index (χ1) is 12.5. The van der Waals surface area contributed by atoms with Gasteiger partial charge in [0.1, 0.15) is 6.61 Å². The van der Waals surface area contributed by atoms with Gasteiger partial charge in [0.25, 0.3) is 11.8 Å². The molecule has 1 atom stereocenters. The number of carbonyl (C=O) groups is 2. The van der Waals surface area contributed by atoms with Crippen molar-refractivity contribution in [2.45, 2.75) is 13.0 Å². The van der Waals surface area contributed by atoms with E-state index in [1.165, 1.54) is 6.08 Å². The van der Waals surface area contributed by atoms with Crippen molar-refractivity contribution in [3.8, 4) is 11.5 Å². The molecule has 2 aromatic carbocycles. The molecule has 0 spiro atoms. The van der Waals surface area contributed by atoms with E-state index in [9.17, 15) is 9.59 Å². The molecule has 2 N–H and O–H groups in total. The Hall–Kier alpha value is -2.99. The lowest BCUT2D eigenvalue weighted by molar-refractivity contribution is -0.134. The zero-order valence-corrected chi connectivity index (χ0v) is 14.7. The summed E-state index contributed by atoms with van der Waals surface area (Å²) < 4.78 is 11.0. The van der Waals surface area contributed by atoms with E-state index in [1.54, 1.807) is 30.3 Å². The third-order valence-corrected chi connectivity index (χ3v) is 4.14. The van der Waals surface area contributed by atoms with Crippen molar-refractivity contribution in [3.63, 3.8) is 0 Å². The Bertz CT molecular complexity index is 866. The molecule has 0 saturated heterocycles. The van der Waals surface area contributed by atoms with Gasteiger partial charge in [-0.1, -0.05) is 35.9 Å². The average Bonchev–Trinajstić information content (AvgIpc) is 2.66. The van der Waals surface area contributed by atoms with Crippen molar-refractivity contribution in [2.24, 2.45) is 0 Å². The van der Waals surface area contributed by atoms with Crippen LogP contribution in [0.15, 0.2) is 48.5 Å². The van der Waals surface area contributed by atoms with E-state index in [2.05, 4.69) is 10.9 Å². The van der Waals surface area contributed by atoms with Gasteiger partial charge < -0.3 is 9.47 Å². The molecule has 0 saturated carbocycles. The number of hydrogen-bond acceptors (Lipinski definition) is 4. The lowest BCUT2D eigenvalue weighted by atomic mass is 10.1. The van der Waals surface area contributed by atoms with Crippen LogP contribution in [-0.4, -0.2) is 24.5 Å². The van der Waals surface area contributed by atoms with Gasteiger partial charge in [0.05, 0.1) is 0 Å². The summed E-state index contributed by atoms with van der Waals surface area (Å²) in [6.45, 7) is 1.96. The quantitative estimate of drug-likeness (QED) is 0.641. The number of hydrazine groups is 1. The monoisotopic (exact) mass is 372 g/mol. The second kappa shape index (κ2) is 7.93. The third-order valence-electron chi connectivity index (χ3n) is 3.73. The first-order valence-electron chi connectivity index (χ1n) is 7.95. The van der Waals surface area contributed by atoms with Gasteiger partial charge in [-0.05, 0) is 42.3 Å². The molecule has 3 rings (SSSR count). The minimum Gasteiger partial charge on any atom is -0.485 e. The van der Waals surface area contributed by atoms with Crippen molar-refractivity contribution >= 4 is 29.5 Å². The van der Waals surface area contributed by atoms with E-state index in [0.717, 1.165) is 11.1 Å². The van der Waals surface area contributed by atoms with Crippen molar-refractivity contribution in [2.75, 3.05) is 6.61 Å². The van der Waals surface area contributed by atoms with Gasteiger partial charge in [-0.3, -0.25) is 20.4 Å². The van der Waals surface area contributed by atoms with Crippen LogP contribution in [0.4, 0.5) is 0 Å². The summed E-state index contributed by atoms with van der Waals surface area (Å²) in [5.41, 5.74) is 6.36. The Morgan fingerprint density at radius 1 is 1.15 bits per heavy atom. The number of para-hydroxylation sites is 2. The normalized spacial score (nSPS) is 15.5. The number of rotatable bonds is 3. The number of fused-ring (bicyclic) bond motifs is 1. The van der Waals surface area contributed by atoms with Crippen LogP contribution in [0, 0.1) is 6.92 Å². The maximum absolute atomic E-state index is 12.1. The molecular formula is C19H17ClN2O4. The number of nitrogens with one attached hydrogen (secondary N) is 2. The van der Waals surface area contributed by atoms with Gasteiger partial charge in [-0.15, -0.1) is 0 Å². The van der Waals surface area contributed by atoms with Crippen molar-refractivity contribution in [3.05, 3.63) is 64.7 Å². The summed E-state index contributed by atoms with van der Waals surface area (Å²) in [6.07, 6.45) is 2.06. The number of amides is 2. The molecule has 2 aromatic rings. The molecule has 0 radical (unpaired) electrons. The zero-order chi connectivity index (χ0) is 18.5. The van der Waals surface area contributed by atoms with Crippen LogP contribution in [0.1, 0.15) is 11.1 Å². The van der Waals surface area contributed by atoms with Crippen LogP contribution in [0.2, 0.25) is 5.02 Å². The first-order valence-corrected chi connectivity index (χ1v) is 8.33. The van der Waals surface area contributed by atoms with E-state index in [4.69, 9.17) is 21.1 Å². The third kappa shape index (κ3) is 4.34. The Morgan fingerprint density at radius 3 is 2.69 bits per heavy atom. The van der Waals surface area contributed by atoms with Crippen LogP contribution >= 0.6 is 11.6 Å². The molecule has 1 unspecified atom stereocenters. The number of carbonyl (C=O) groups excluding carboxylic acids is 2. The molecule has 1 heterocycles. The van der Waals surface area contributed by atoms with Crippen LogP contribution < -0.4 is 20.3 Å². The second-order valence-corrected chi connectivity index (χ2v) is 6.09. The predicted octanol–water partition coefficient (Wildman–Crippen LogP) is 2.65. The highest BCUT2D eigenvalue weighted by Gasteiger charge is 2.27. The molecule has 1 aliphatic rings. The van der Waals surface area contributed by atoms with Gasteiger partial charge in [0.15, 0.2) is 11.5 Å². The molecule has 26 heavy (non-hydrogen) atoms. The summed E-state index contributed by atoms with van der Waals surface area (Å²) in [7, 11) is 0. The Balaban J connectivity index is 1.50. The molecule has 0 aromatic heterocycles. The molecule has 134 valence electrons.